The Kier molecular flexibility index (Phi) is 13.5. The van der Waals surface area contributed by atoms with Crippen LogP contribution < -0.4 is 40.3 Å². The highest BCUT2D eigenvalue weighted by Gasteiger charge is 2.47. The molecule has 2 aromatic heterocycles. The van der Waals surface area contributed by atoms with Crippen molar-refractivity contribution in [2.45, 2.75) is 70.1 Å². The summed E-state index contributed by atoms with van der Waals surface area (Å²) in [6.45, 7) is 3.00. The van der Waals surface area contributed by atoms with Crippen LogP contribution in [0.3, 0.4) is 0 Å². The van der Waals surface area contributed by atoms with Crippen LogP contribution >= 0.6 is 0 Å². The first-order valence-electron chi connectivity index (χ1n) is 24.1. The molecule has 24 heteroatoms. The maximum absolute atomic E-state index is 15.6. The number of rotatable bonds is 15. The maximum Gasteiger partial charge on any atom is 0.573 e. The van der Waals surface area contributed by atoms with E-state index in [-0.39, 0.29) is 120 Å². The number of aromatic nitrogens is 3. The molecule has 3 unspecified atom stereocenters. The minimum absolute atomic E-state index is 0.0265. The van der Waals surface area contributed by atoms with Crippen LogP contribution in [0, 0.1) is 12.7 Å². The lowest BCUT2D eigenvalue weighted by Crippen LogP contribution is -2.70. The number of carbonyl (C=O) groups excluding carboxylic acids is 6. The number of pyridine rings is 1. The van der Waals surface area contributed by atoms with Gasteiger partial charge in [0.05, 0.1) is 42.1 Å². The number of ether oxygens (including phenoxy) is 4. The topological polar surface area (TPSA) is 233 Å². The van der Waals surface area contributed by atoms with Crippen LogP contribution in [0.4, 0.5) is 28.9 Å². The van der Waals surface area contributed by atoms with Crippen molar-refractivity contribution in [3.63, 3.8) is 0 Å². The zero-order valence-corrected chi connectivity index (χ0v) is 40.9. The largest absolute Gasteiger partial charge is 0.573 e. The van der Waals surface area contributed by atoms with Crippen LogP contribution in [0.5, 0.6) is 28.9 Å². The molecule has 3 N–H and O–H groups in total. The van der Waals surface area contributed by atoms with Gasteiger partial charge in [-0.2, -0.15) is 0 Å². The van der Waals surface area contributed by atoms with Gasteiger partial charge >= 0.3 is 6.36 Å². The predicted octanol–water partition coefficient (Wildman–Crippen LogP) is 5.72. The van der Waals surface area contributed by atoms with E-state index in [1.54, 1.807) is 30.3 Å². The Morgan fingerprint density at radius 1 is 0.882 bits per heavy atom. The second-order valence-corrected chi connectivity index (χ2v) is 18.8. The van der Waals surface area contributed by atoms with Crippen molar-refractivity contribution in [3.05, 3.63) is 111 Å². The summed E-state index contributed by atoms with van der Waals surface area (Å²) < 4.78 is 77.3. The molecule has 0 saturated carbocycles. The Labute approximate surface area is 428 Å². The third-order valence-electron chi connectivity index (χ3n) is 13.9. The van der Waals surface area contributed by atoms with Crippen molar-refractivity contribution in [1.82, 2.24) is 34.6 Å². The molecule has 6 amide bonds. The van der Waals surface area contributed by atoms with Gasteiger partial charge in [0.25, 0.3) is 11.8 Å². The van der Waals surface area contributed by atoms with Gasteiger partial charge in [-0.25, -0.2) is 14.4 Å². The number of nitrogens with zero attached hydrogens (tertiary/aromatic N) is 6. The van der Waals surface area contributed by atoms with E-state index in [0.717, 1.165) is 24.6 Å². The SMILES string of the molecule is COc1cc2c(Oc3ccc(NC(=O)c4c(C)n(C)c5ccc(OC(F)(F)F)cc5c4=O)cc3F)ncnc2cc1OCCCC(=O)N1C2CC1CN(CC(=O)Nc1ccc3c(c1)CN(C1CCC(=O)NC1=O)C3=O)C2. The fourth-order valence-corrected chi connectivity index (χ4v) is 10.3. The summed E-state index contributed by atoms with van der Waals surface area (Å²) in [6.07, 6.45) is -1.97. The van der Waals surface area contributed by atoms with E-state index < -0.39 is 41.2 Å². The Hall–Kier alpha value is -8.67. The molecule has 76 heavy (non-hydrogen) atoms. The average molecular weight is 1050 g/mol. The van der Waals surface area contributed by atoms with E-state index in [9.17, 15) is 46.7 Å². The summed E-state index contributed by atoms with van der Waals surface area (Å²) in [6, 6.07) is 14.1. The number of hydrogen-bond donors (Lipinski definition) is 3. The molecule has 5 aliphatic heterocycles. The summed E-state index contributed by atoms with van der Waals surface area (Å²) in [5, 5.41) is 7.81. The van der Waals surface area contributed by atoms with Crippen molar-refractivity contribution in [3.8, 4) is 28.9 Å². The number of methoxy groups -OCH3 is 1. The van der Waals surface area contributed by atoms with Crippen LogP contribution in [0.2, 0.25) is 0 Å². The van der Waals surface area contributed by atoms with E-state index in [2.05, 4.69) is 30.7 Å². The molecule has 3 atom stereocenters. The Morgan fingerprint density at radius 2 is 1.64 bits per heavy atom. The number of alkyl halides is 3. The fourth-order valence-electron chi connectivity index (χ4n) is 10.3. The van der Waals surface area contributed by atoms with E-state index in [1.807, 2.05) is 9.80 Å². The van der Waals surface area contributed by atoms with Crippen molar-refractivity contribution in [2.75, 3.05) is 44.0 Å². The van der Waals surface area contributed by atoms with Crippen LogP contribution in [0.15, 0.2) is 77.9 Å². The van der Waals surface area contributed by atoms with Crippen molar-refractivity contribution in [2.24, 2.45) is 7.05 Å². The number of piperazine rings is 1. The van der Waals surface area contributed by atoms with Crippen molar-refractivity contribution < 1.29 is 65.3 Å². The molecule has 4 aromatic carbocycles. The molecule has 0 aliphatic carbocycles. The lowest BCUT2D eigenvalue weighted by molar-refractivity contribution is -0.274. The molecule has 5 aliphatic rings. The molecule has 11 rings (SSSR count). The zero-order chi connectivity index (χ0) is 53.7. The van der Waals surface area contributed by atoms with E-state index in [1.165, 1.54) is 55.1 Å². The number of piperidine rings is 2. The average Bonchev–Trinajstić information content (AvgIpc) is 3.70. The van der Waals surface area contributed by atoms with Gasteiger partial charge in [-0.05, 0) is 86.3 Å². The van der Waals surface area contributed by atoms with Gasteiger partial charge in [0.2, 0.25) is 34.9 Å². The molecule has 6 aromatic rings. The normalized spacial score (nSPS) is 18.2. The molecule has 0 spiro atoms. The number of amides is 6. The smallest absolute Gasteiger partial charge is 0.493 e. The van der Waals surface area contributed by atoms with Crippen LogP contribution in [0.1, 0.15) is 64.1 Å². The number of nitrogens with one attached hydrogen (secondary N) is 3. The van der Waals surface area contributed by atoms with Crippen LogP contribution in [0.25, 0.3) is 21.8 Å². The Balaban J connectivity index is 0.704. The number of imide groups is 1. The highest BCUT2D eigenvalue weighted by molar-refractivity contribution is 6.07. The van der Waals surface area contributed by atoms with Gasteiger partial charge in [0.1, 0.15) is 23.7 Å². The number of anilines is 2. The van der Waals surface area contributed by atoms with Crippen LogP contribution in [-0.4, -0.2) is 123 Å². The first-order chi connectivity index (χ1) is 36.3. The third-order valence-corrected chi connectivity index (χ3v) is 13.9. The fraction of sp³-hybridized carbons (Fsp3) is 0.327. The third kappa shape index (κ3) is 10.1. The maximum atomic E-state index is 15.6. The van der Waals surface area contributed by atoms with Gasteiger partial charge in [-0.1, -0.05) is 0 Å². The highest BCUT2D eigenvalue weighted by atomic mass is 19.4. The van der Waals surface area contributed by atoms with Gasteiger partial charge in [-0.3, -0.25) is 43.8 Å². The number of carbonyl (C=O) groups is 6. The molecule has 20 nitrogen and oxygen atoms in total. The number of hydrogen-bond acceptors (Lipinski definition) is 14. The number of benzene rings is 4. The summed E-state index contributed by atoms with van der Waals surface area (Å²) >= 11 is 0. The van der Waals surface area contributed by atoms with Gasteiger partial charge in [-0.15, -0.1) is 13.2 Å². The molecule has 7 heterocycles. The molecule has 2 bridgehead atoms. The Bertz CT molecular complexity index is 3470. The number of halogens is 4. The van der Waals surface area contributed by atoms with E-state index >= 15 is 4.39 Å². The van der Waals surface area contributed by atoms with Crippen molar-refractivity contribution >= 4 is 68.6 Å². The van der Waals surface area contributed by atoms with E-state index in [0.29, 0.717) is 53.0 Å². The highest BCUT2D eigenvalue weighted by Crippen LogP contribution is 2.38. The number of fused-ring (bicyclic) bond motifs is 5. The molecular formula is C52H47F4N9O11. The molecule has 4 saturated heterocycles. The standard InChI is InChI=1S/C52H47F4N9O11/c1-26-46(47(69)35-18-32(76-52(54,55)56)8-10-38(35)62(26)2)49(71)60-29-7-12-40(36(53)16-29)75-50-34-19-41(73-3)42(20-37(34)57-25-58-50)74-14-4-5-45(68)65-30-17-31(65)23-63(22-30)24-44(67)59-28-6-9-33-27(15-28)21-64(51(33)72)39-11-13-43(66)61-48(39)70/h6-10,12,15-16,18-20,25,30-31,39H,4-5,11,13-14,17,21-24H2,1-3H3,(H,59,67)(H,60,71)(H,61,66,70). The second-order valence-electron chi connectivity index (χ2n) is 18.8. The van der Waals surface area contributed by atoms with E-state index in [4.69, 9.17) is 14.2 Å². The van der Waals surface area contributed by atoms with Gasteiger partial charge in [0.15, 0.2) is 23.1 Å². The summed E-state index contributed by atoms with van der Waals surface area (Å²) in [7, 11) is 2.96. The summed E-state index contributed by atoms with van der Waals surface area (Å²) in [4.78, 5) is 104. The monoisotopic (exact) mass is 1050 g/mol. The molecule has 0 radical (unpaired) electrons. The quantitative estimate of drug-likeness (QED) is 0.0634. The van der Waals surface area contributed by atoms with Crippen LogP contribution in [-0.2, 0) is 32.8 Å². The second kappa shape index (κ2) is 20.2. The molecule has 4 fully saturated rings. The summed E-state index contributed by atoms with van der Waals surface area (Å²) in [5.74, 6) is -3.64. The Morgan fingerprint density at radius 3 is 2.38 bits per heavy atom. The number of aryl methyl sites for hydroxylation is 1. The van der Waals surface area contributed by atoms with Gasteiger partial charge in [0, 0.05) is 86.4 Å². The summed E-state index contributed by atoms with van der Waals surface area (Å²) in [5.41, 5.74) is 1.17. The molecule has 394 valence electrons. The van der Waals surface area contributed by atoms with Gasteiger partial charge < -0.3 is 43.9 Å². The minimum atomic E-state index is -5.01. The lowest BCUT2D eigenvalue weighted by Gasteiger charge is -2.56. The predicted molar refractivity (Wildman–Crippen MR) is 262 cm³/mol. The van der Waals surface area contributed by atoms with Crippen molar-refractivity contribution in [1.29, 1.82) is 0 Å². The first-order valence-corrected chi connectivity index (χ1v) is 24.1. The zero-order valence-electron chi connectivity index (χ0n) is 40.9. The molecular weight excluding hydrogens is 1000 g/mol. The minimum Gasteiger partial charge on any atom is -0.493 e. The lowest BCUT2D eigenvalue weighted by atomic mass is 9.87. The first kappa shape index (κ1) is 50.8.